The smallest absolute Gasteiger partial charge is 0.350 e. The molecular weight excluding hydrogens is 344 g/mol. The number of carbonyl (C=O) groups is 4. The van der Waals surface area contributed by atoms with E-state index in [-0.39, 0.29) is 13.0 Å². The maximum atomic E-state index is 12.0. The van der Waals surface area contributed by atoms with Crippen molar-refractivity contribution in [2.24, 2.45) is 0 Å². The van der Waals surface area contributed by atoms with Crippen molar-refractivity contribution < 1.29 is 38.1 Å². The van der Waals surface area contributed by atoms with Gasteiger partial charge in [-0.1, -0.05) is 13.2 Å². The molecule has 0 N–H and O–H groups in total. The number of esters is 4. The predicted molar refractivity (Wildman–Crippen MR) is 91.9 cm³/mol. The van der Waals surface area contributed by atoms with Crippen LogP contribution in [0.5, 0.6) is 0 Å². The van der Waals surface area contributed by atoms with E-state index in [0.29, 0.717) is 0 Å². The molecule has 0 rings (SSSR count). The largest absolute Gasteiger partial charge is 0.463 e. The summed E-state index contributed by atoms with van der Waals surface area (Å²) in [5.74, 6) is -2.98. The fourth-order valence-electron chi connectivity index (χ4n) is 1.54. The maximum absolute atomic E-state index is 12.0. The molecule has 0 saturated heterocycles. The van der Waals surface area contributed by atoms with Crippen LogP contribution >= 0.6 is 0 Å². The van der Waals surface area contributed by atoms with Crippen molar-refractivity contribution in [1.29, 1.82) is 0 Å². The van der Waals surface area contributed by atoms with E-state index in [4.69, 9.17) is 18.9 Å². The Morgan fingerprint density at radius 3 is 1.73 bits per heavy atom. The van der Waals surface area contributed by atoms with E-state index in [1.807, 2.05) is 0 Å². The van der Waals surface area contributed by atoms with E-state index < -0.39 is 41.2 Å². The van der Waals surface area contributed by atoms with Crippen LogP contribution in [-0.2, 0) is 38.1 Å². The van der Waals surface area contributed by atoms with Gasteiger partial charge in [-0.25, -0.2) is 19.2 Å². The second-order valence-corrected chi connectivity index (χ2v) is 6.41. The number of rotatable bonds is 10. The van der Waals surface area contributed by atoms with Gasteiger partial charge in [0.25, 0.3) is 0 Å². The van der Waals surface area contributed by atoms with Crippen LogP contribution < -0.4 is 0 Å². The first-order valence-corrected chi connectivity index (χ1v) is 7.95. The summed E-state index contributed by atoms with van der Waals surface area (Å²) in [6.07, 6.45) is 1.49. The van der Waals surface area contributed by atoms with Crippen molar-refractivity contribution in [2.75, 3.05) is 6.61 Å². The average Bonchev–Trinajstić information content (AvgIpc) is 2.53. The van der Waals surface area contributed by atoms with Crippen LogP contribution in [0, 0.1) is 0 Å². The molecule has 0 amide bonds. The molecule has 0 fully saturated rings. The zero-order chi connectivity index (χ0) is 20.5. The number of hydrogen-bond acceptors (Lipinski definition) is 8. The molecule has 0 aromatic carbocycles. The van der Waals surface area contributed by atoms with E-state index in [1.165, 1.54) is 27.7 Å². The van der Waals surface area contributed by atoms with Crippen molar-refractivity contribution in [1.82, 2.24) is 0 Å². The molecule has 1 unspecified atom stereocenters. The first-order valence-electron chi connectivity index (χ1n) is 7.95. The average molecular weight is 370 g/mol. The minimum absolute atomic E-state index is 0.0603. The lowest BCUT2D eigenvalue weighted by molar-refractivity contribution is -0.181. The molecule has 0 radical (unpaired) electrons. The molecular formula is C18H26O8. The molecule has 0 aromatic heterocycles. The van der Waals surface area contributed by atoms with Gasteiger partial charge in [-0.2, -0.15) is 0 Å². The Morgan fingerprint density at radius 1 is 0.885 bits per heavy atom. The lowest BCUT2D eigenvalue weighted by Crippen LogP contribution is -2.40. The first-order chi connectivity index (χ1) is 11.9. The normalized spacial score (nSPS) is 12.3. The van der Waals surface area contributed by atoms with Gasteiger partial charge in [-0.05, 0) is 34.6 Å². The van der Waals surface area contributed by atoms with Crippen molar-refractivity contribution >= 4 is 23.9 Å². The molecule has 0 spiro atoms. The Labute approximate surface area is 153 Å². The standard InChI is InChI=1S/C18H26O8/c1-8-13(19)25-17(4,5)15(21)23-11-10-12(3)24-16(22)18(6,7)26-14(20)9-2/h8-9,12H,1-2,10-11H2,3-7H3. The molecule has 1 atom stereocenters. The fraction of sp³-hybridized carbons (Fsp3) is 0.556. The number of carbonyl (C=O) groups excluding carboxylic acids is 4. The van der Waals surface area contributed by atoms with Crippen LogP contribution in [-0.4, -0.2) is 47.8 Å². The van der Waals surface area contributed by atoms with Crippen LogP contribution in [0.4, 0.5) is 0 Å². The van der Waals surface area contributed by atoms with E-state index in [2.05, 4.69) is 13.2 Å². The van der Waals surface area contributed by atoms with Gasteiger partial charge in [0.05, 0.1) is 6.61 Å². The number of hydrogen-bond donors (Lipinski definition) is 0. The lowest BCUT2D eigenvalue weighted by Gasteiger charge is -2.25. The fourth-order valence-corrected chi connectivity index (χ4v) is 1.54. The number of ether oxygens (including phenoxy) is 4. The Balaban J connectivity index is 4.44. The Hall–Kier alpha value is -2.64. The van der Waals surface area contributed by atoms with Crippen LogP contribution in [0.15, 0.2) is 25.3 Å². The highest BCUT2D eigenvalue weighted by Gasteiger charge is 2.35. The van der Waals surface area contributed by atoms with E-state index >= 15 is 0 Å². The first kappa shape index (κ1) is 23.4. The van der Waals surface area contributed by atoms with E-state index in [1.54, 1.807) is 6.92 Å². The zero-order valence-electron chi connectivity index (χ0n) is 15.8. The van der Waals surface area contributed by atoms with E-state index in [9.17, 15) is 19.2 Å². The van der Waals surface area contributed by atoms with Crippen molar-refractivity contribution in [3.8, 4) is 0 Å². The Kier molecular flexibility index (Phi) is 8.75. The minimum Gasteiger partial charge on any atom is -0.463 e. The molecule has 0 saturated carbocycles. The van der Waals surface area contributed by atoms with Crippen LogP contribution in [0.25, 0.3) is 0 Å². The van der Waals surface area contributed by atoms with Crippen molar-refractivity contribution in [2.45, 2.75) is 58.3 Å². The van der Waals surface area contributed by atoms with Gasteiger partial charge in [0.2, 0.25) is 11.2 Å². The zero-order valence-corrected chi connectivity index (χ0v) is 15.8. The molecule has 0 aliphatic rings. The van der Waals surface area contributed by atoms with Gasteiger partial charge < -0.3 is 18.9 Å². The van der Waals surface area contributed by atoms with Gasteiger partial charge in [0.1, 0.15) is 6.10 Å². The van der Waals surface area contributed by atoms with Crippen LogP contribution in [0.2, 0.25) is 0 Å². The van der Waals surface area contributed by atoms with Gasteiger partial charge in [-0.15, -0.1) is 0 Å². The molecule has 0 aliphatic heterocycles. The summed E-state index contributed by atoms with van der Waals surface area (Å²) in [7, 11) is 0. The topological polar surface area (TPSA) is 105 Å². The monoisotopic (exact) mass is 370 g/mol. The summed E-state index contributed by atoms with van der Waals surface area (Å²) in [6.45, 7) is 13.6. The second-order valence-electron chi connectivity index (χ2n) is 6.41. The van der Waals surface area contributed by atoms with Gasteiger partial charge in [0, 0.05) is 18.6 Å². The predicted octanol–water partition coefficient (Wildman–Crippen LogP) is 1.87. The molecule has 146 valence electrons. The third-order valence-electron chi connectivity index (χ3n) is 3.09. The summed E-state index contributed by atoms with van der Waals surface area (Å²) in [6, 6.07) is 0. The summed E-state index contributed by atoms with van der Waals surface area (Å²) < 4.78 is 20.0. The van der Waals surface area contributed by atoms with E-state index in [0.717, 1.165) is 12.2 Å². The molecule has 0 bridgehead atoms. The molecule has 8 nitrogen and oxygen atoms in total. The SMILES string of the molecule is C=CC(=O)OC(C)(C)C(=O)OCCC(C)OC(=O)C(C)(C)OC(=O)C=C. The third-order valence-corrected chi connectivity index (χ3v) is 3.09. The van der Waals surface area contributed by atoms with Gasteiger partial charge in [-0.3, -0.25) is 0 Å². The van der Waals surface area contributed by atoms with Crippen LogP contribution in [0.1, 0.15) is 41.0 Å². The molecule has 26 heavy (non-hydrogen) atoms. The van der Waals surface area contributed by atoms with Gasteiger partial charge >= 0.3 is 23.9 Å². The second kappa shape index (κ2) is 9.74. The summed E-state index contributed by atoms with van der Waals surface area (Å²) in [4.78, 5) is 46.3. The summed E-state index contributed by atoms with van der Waals surface area (Å²) in [5.41, 5.74) is -2.94. The van der Waals surface area contributed by atoms with Gasteiger partial charge in [0.15, 0.2) is 0 Å². The van der Waals surface area contributed by atoms with Crippen molar-refractivity contribution in [3.63, 3.8) is 0 Å². The highest BCUT2D eigenvalue weighted by molar-refractivity contribution is 5.87. The highest BCUT2D eigenvalue weighted by Crippen LogP contribution is 2.16. The molecule has 0 aliphatic carbocycles. The maximum Gasteiger partial charge on any atom is 0.350 e. The summed E-state index contributed by atoms with van der Waals surface area (Å²) >= 11 is 0. The lowest BCUT2D eigenvalue weighted by atomic mass is 10.1. The highest BCUT2D eigenvalue weighted by atomic mass is 16.6. The molecule has 0 heterocycles. The molecule has 0 aromatic rings. The Bertz CT molecular complexity index is 574. The van der Waals surface area contributed by atoms with Crippen LogP contribution in [0.3, 0.4) is 0 Å². The minimum atomic E-state index is -1.48. The third kappa shape index (κ3) is 7.96. The quantitative estimate of drug-likeness (QED) is 0.326. The molecule has 8 heteroatoms. The van der Waals surface area contributed by atoms with Crippen molar-refractivity contribution in [3.05, 3.63) is 25.3 Å². The summed E-state index contributed by atoms with van der Waals surface area (Å²) in [5, 5.41) is 0. The Morgan fingerprint density at radius 2 is 1.31 bits per heavy atom.